The number of carbonyl (C=O) groups excluding carboxylic acids is 1. The van der Waals surface area contributed by atoms with Gasteiger partial charge in [-0.05, 0) is 71.3 Å². The minimum atomic E-state index is -0.0938. The van der Waals surface area contributed by atoms with Gasteiger partial charge in [-0.25, -0.2) is 0 Å². The molecule has 0 N–H and O–H groups in total. The van der Waals surface area contributed by atoms with E-state index >= 15 is 0 Å². The summed E-state index contributed by atoms with van der Waals surface area (Å²) < 4.78 is 5.03. The van der Waals surface area contributed by atoms with E-state index in [-0.39, 0.29) is 11.4 Å². The van der Waals surface area contributed by atoms with Gasteiger partial charge in [0.2, 0.25) is 0 Å². The van der Waals surface area contributed by atoms with Crippen molar-refractivity contribution in [1.82, 2.24) is 0 Å². The first-order chi connectivity index (χ1) is 12.4. The lowest BCUT2D eigenvalue weighted by Gasteiger charge is -2.25. The zero-order chi connectivity index (χ0) is 18.7. The molecule has 0 saturated carbocycles. The second kappa shape index (κ2) is 7.49. The van der Waals surface area contributed by atoms with Crippen molar-refractivity contribution in [2.24, 2.45) is 0 Å². The number of hydrogen-bond acceptors (Lipinski definition) is 2. The fourth-order valence-electron chi connectivity index (χ4n) is 3.59. The van der Waals surface area contributed by atoms with E-state index in [0.29, 0.717) is 13.0 Å². The summed E-state index contributed by atoms with van der Waals surface area (Å²) in [5, 5.41) is 5.12. The standard InChI is InChI=1S/C24H28O2/c1-5-26-23(25)7-6-12-24(3,4)22-11-10-19-14-18-9-8-17(2)13-20(18)15-21(19)16-22/h8-11,13-16H,5-7,12H2,1-4H3. The average Bonchev–Trinajstić information content (AvgIpc) is 2.59. The summed E-state index contributed by atoms with van der Waals surface area (Å²) in [5.41, 5.74) is 2.63. The van der Waals surface area contributed by atoms with Gasteiger partial charge in [-0.1, -0.05) is 55.8 Å². The molecule has 0 atom stereocenters. The van der Waals surface area contributed by atoms with E-state index in [0.717, 1.165) is 12.8 Å². The second-order valence-corrected chi connectivity index (χ2v) is 7.81. The van der Waals surface area contributed by atoms with Gasteiger partial charge < -0.3 is 4.74 Å². The van der Waals surface area contributed by atoms with E-state index in [2.05, 4.69) is 69.3 Å². The maximum Gasteiger partial charge on any atom is 0.305 e. The normalized spacial score (nSPS) is 11.8. The molecule has 0 aliphatic carbocycles. The van der Waals surface area contributed by atoms with E-state index in [1.165, 1.54) is 32.7 Å². The number of benzene rings is 3. The maximum atomic E-state index is 11.6. The van der Waals surface area contributed by atoms with Gasteiger partial charge in [0.05, 0.1) is 6.61 Å². The van der Waals surface area contributed by atoms with Crippen molar-refractivity contribution < 1.29 is 9.53 Å². The van der Waals surface area contributed by atoms with Crippen LogP contribution in [0.3, 0.4) is 0 Å². The van der Waals surface area contributed by atoms with Crippen LogP contribution in [0, 0.1) is 6.92 Å². The van der Waals surface area contributed by atoms with Crippen molar-refractivity contribution in [3.63, 3.8) is 0 Å². The predicted octanol–water partition coefficient (Wildman–Crippen LogP) is 6.31. The van der Waals surface area contributed by atoms with Crippen molar-refractivity contribution in [3.8, 4) is 0 Å². The highest BCUT2D eigenvalue weighted by Gasteiger charge is 2.21. The number of rotatable bonds is 6. The van der Waals surface area contributed by atoms with Crippen LogP contribution < -0.4 is 0 Å². The van der Waals surface area contributed by atoms with Crippen LogP contribution in [0.2, 0.25) is 0 Å². The Bertz CT molecular complexity index is 937. The highest BCUT2D eigenvalue weighted by Crippen LogP contribution is 2.33. The van der Waals surface area contributed by atoms with Gasteiger partial charge in [0.25, 0.3) is 0 Å². The van der Waals surface area contributed by atoms with Crippen LogP contribution in [0.25, 0.3) is 21.5 Å². The van der Waals surface area contributed by atoms with E-state index < -0.39 is 0 Å². The van der Waals surface area contributed by atoms with Crippen molar-refractivity contribution in [2.75, 3.05) is 6.61 Å². The number of esters is 1. The molecule has 0 radical (unpaired) electrons. The first kappa shape index (κ1) is 18.4. The molecule has 0 fully saturated rings. The highest BCUT2D eigenvalue weighted by molar-refractivity contribution is 5.98. The van der Waals surface area contributed by atoms with Crippen LogP contribution in [0.1, 0.15) is 51.2 Å². The Labute approximate surface area is 156 Å². The molecule has 26 heavy (non-hydrogen) atoms. The van der Waals surface area contributed by atoms with Gasteiger partial charge >= 0.3 is 5.97 Å². The molecule has 0 bridgehead atoms. The zero-order valence-corrected chi connectivity index (χ0v) is 16.3. The molecule has 0 amide bonds. The quantitative estimate of drug-likeness (QED) is 0.385. The number of aryl methyl sites for hydroxylation is 1. The number of fused-ring (bicyclic) bond motifs is 2. The van der Waals surface area contributed by atoms with Crippen molar-refractivity contribution in [2.45, 2.75) is 52.4 Å². The van der Waals surface area contributed by atoms with Gasteiger partial charge in [0.15, 0.2) is 0 Å². The fourth-order valence-corrected chi connectivity index (χ4v) is 3.59. The summed E-state index contributed by atoms with van der Waals surface area (Å²) in [7, 11) is 0. The minimum absolute atomic E-state index is 0.0300. The van der Waals surface area contributed by atoms with E-state index in [1.54, 1.807) is 0 Å². The first-order valence-corrected chi connectivity index (χ1v) is 9.49. The van der Waals surface area contributed by atoms with Crippen molar-refractivity contribution >= 4 is 27.5 Å². The van der Waals surface area contributed by atoms with Gasteiger partial charge in [0, 0.05) is 6.42 Å². The van der Waals surface area contributed by atoms with Gasteiger partial charge in [-0.3, -0.25) is 4.79 Å². The Balaban J connectivity index is 1.84. The Morgan fingerprint density at radius 1 is 0.923 bits per heavy atom. The lowest BCUT2D eigenvalue weighted by molar-refractivity contribution is -0.143. The SMILES string of the molecule is CCOC(=O)CCCC(C)(C)c1ccc2cc3ccc(C)cc3cc2c1. The fraction of sp³-hybridized carbons (Fsp3) is 0.375. The van der Waals surface area contributed by atoms with Crippen LogP contribution in [-0.2, 0) is 14.9 Å². The maximum absolute atomic E-state index is 11.6. The van der Waals surface area contributed by atoms with Crippen LogP contribution >= 0.6 is 0 Å². The highest BCUT2D eigenvalue weighted by atomic mass is 16.5. The molecule has 0 aromatic heterocycles. The minimum Gasteiger partial charge on any atom is -0.466 e. The van der Waals surface area contributed by atoms with E-state index in [9.17, 15) is 4.79 Å². The summed E-state index contributed by atoms with van der Waals surface area (Å²) in [5.74, 6) is -0.0938. The predicted molar refractivity (Wildman–Crippen MR) is 110 cm³/mol. The molecule has 136 valence electrons. The largest absolute Gasteiger partial charge is 0.466 e. The van der Waals surface area contributed by atoms with Crippen molar-refractivity contribution in [1.29, 1.82) is 0 Å². The topological polar surface area (TPSA) is 26.3 Å². The van der Waals surface area contributed by atoms with Gasteiger partial charge in [0.1, 0.15) is 0 Å². The van der Waals surface area contributed by atoms with Crippen LogP contribution in [0.15, 0.2) is 48.5 Å². The molecule has 0 saturated heterocycles. The van der Waals surface area contributed by atoms with E-state index in [1.807, 2.05) is 6.92 Å². The molecular weight excluding hydrogens is 320 g/mol. The number of ether oxygens (including phenoxy) is 1. The van der Waals surface area contributed by atoms with Crippen LogP contribution in [0.5, 0.6) is 0 Å². The third kappa shape index (κ3) is 4.07. The summed E-state index contributed by atoms with van der Waals surface area (Å²) in [4.78, 5) is 11.6. The molecule has 0 aliphatic rings. The Morgan fingerprint density at radius 3 is 2.31 bits per heavy atom. The molecule has 2 heteroatoms. The Morgan fingerprint density at radius 2 is 1.58 bits per heavy atom. The van der Waals surface area contributed by atoms with Crippen LogP contribution in [0.4, 0.5) is 0 Å². The zero-order valence-electron chi connectivity index (χ0n) is 16.3. The molecule has 3 aromatic rings. The Kier molecular flexibility index (Phi) is 5.31. The molecule has 3 aromatic carbocycles. The van der Waals surface area contributed by atoms with Crippen molar-refractivity contribution in [3.05, 3.63) is 59.7 Å². The lowest BCUT2D eigenvalue weighted by atomic mass is 9.79. The monoisotopic (exact) mass is 348 g/mol. The summed E-state index contributed by atoms with van der Waals surface area (Å²) >= 11 is 0. The molecule has 0 spiro atoms. The number of carbonyl (C=O) groups is 1. The van der Waals surface area contributed by atoms with Gasteiger partial charge in [-0.2, -0.15) is 0 Å². The molecule has 2 nitrogen and oxygen atoms in total. The van der Waals surface area contributed by atoms with Crippen LogP contribution in [-0.4, -0.2) is 12.6 Å². The third-order valence-electron chi connectivity index (χ3n) is 5.22. The summed E-state index contributed by atoms with van der Waals surface area (Å²) in [6, 6.07) is 17.9. The smallest absolute Gasteiger partial charge is 0.305 e. The molecule has 0 aliphatic heterocycles. The lowest BCUT2D eigenvalue weighted by Crippen LogP contribution is -2.17. The Hall–Kier alpha value is -2.35. The molecule has 0 heterocycles. The van der Waals surface area contributed by atoms with Gasteiger partial charge in [-0.15, -0.1) is 0 Å². The first-order valence-electron chi connectivity index (χ1n) is 9.49. The second-order valence-electron chi connectivity index (χ2n) is 7.81. The summed E-state index contributed by atoms with van der Waals surface area (Å²) in [6.07, 6.45) is 2.31. The number of hydrogen-bond donors (Lipinski definition) is 0. The molecule has 3 rings (SSSR count). The summed E-state index contributed by atoms with van der Waals surface area (Å²) in [6.45, 7) is 8.95. The molecule has 0 unspecified atom stereocenters. The third-order valence-corrected chi connectivity index (χ3v) is 5.22. The average molecular weight is 348 g/mol. The van der Waals surface area contributed by atoms with E-state index in [4.69, 9.17) is 4.74 Å². The molecular formula is C24H28O2.